The molecule has 4 nitrogen and oxygen atoms in total. The molecule has 1 atom stereocenters. The number of nitrogens with zero attached hydrogens (tertiary/aromatic N) is 1. The Morgan fingerprint density at radius 3 is 2.65 bits per heavy atom. The van der Waals surface area contributed by atoms with E-state index < -0.39 is 5.79 Å². The molecule has 0 bridgehead atoms. The smallest absolute Gasteiger partial charge is 0.179 e. The predicted molar refractivity (Wildman–Crippen MR) is 78.4 cm³/mol. The van der Waals surface area contributed by atoms with Gasteiger partial charge in [0, 0.05) is 23.7 Å². The van der Waals surface area contributed by atoms with Crippen LogP contribution in [0.2, 0.25) is 0 Å². The predicted octanol–water partition coefficient (Wildman–Crippen LogP) is 2.47. The first-order valence-corrected chi connectivity index (χ1v) is 6.31. The quantitative estimate of drug-likeness (QED) is 0.784. The van der Waals surface area contributed by atoms with Crippen LogP contribution in [0.15, 0.2) is 47.6 Å². The van der Waals surface area contributed by atoms with E-state index in [1.807, 2.05) is 18.3 Å². The van der Waals surface area contributed by atoms with Crippen LogP contribution in [0.3, 0.4) is 0 Å². The molecule has 0 saturated heterocycles. The van der Waals surface area contributed by atoms with Crippen molar-refractivity contribution in [2.24, 2.45) is 10.7 Å². The summed E-state index contributed by atoms with van der Waals surface area (Å²) in [4.78, 5) is 7.32. The Labute approximate surface area is 116 Å². The number of hydrogen-bond donors (Lipinski definition) is 3. The summed E-state index contributed by atoms with van der Waals surface area (Å²) in [6.07, 6.45) is 5.40. The molecule has 2 heterocycles. The second kappa shape index (κ2) is 4.61. The van der Waals surface area contributed by atoms with Crippen molar-refractivity contribution in [3.05, 3.63) is 54.0 Å². The zero-order valence-corrected chi connectivity index (χ0v) is 11.0. The number of nitrogens with two attached hydrogens (primary N) is 1. The Hall–Kier alpha value is -2.40. The Morgan fingerprint density at radius 2 is 1.95 bits per heavy atom. The topological polar surface area (TPSA) is 66.2 Å². The first-order chi connectivity index (χ1) is 9.55. The molecule has 0 amide bonds. The van der Waals surface area contributed by atoms with Gasteiger partial charge in [0.15, 0.2) is 5.79 Å². The highest BCUT2D eigenvalue weighted by Gasteiger charge is 2.22. The summed E-state index contributed by atoms with van der Waals surface area (Å²) < 4.78 is 13.0. The number of nitrogens with one attached hydrogen (secondary N) is 2. The molecule has 5 heteroatoms. The molecule has 1 unspecified atom stereocenters. The number of aromatic amines is 1. The summed E-state index contributed by atoms with van der Waals surface area (Å²) in [5.41, 5.74) is 9.65. The summed E-state index contributed by atoms with van der Waals surface area (Å²) in [6.45, 7) is 1.79. The normalized spacial score (nSPS) is 21.4. The minimum Gasteiger partial charge on any atom is -0.361 e. The van der Waals surface area contributed by atoms with E-state index in [9.17, 15) is 4.39 Å². The standard InChI is InChI=1S/C15H15FN4/c1-15(17)19-9-7-13(20-15)12-6-8-18-14(12)10-2-4-11(16)5-3-10/h2-9,18,20H,17H2,1H3. The van der Waals surface area contributed by atoms with Gasteiger partial charge < -0.3 is 10.3 Å². The van der Waals surface area contributed by atoms with E-state index in [4.69, 9.17) is 5.73 Å². The Kier molecular flexibility index (Phi) is 2.91. The maximum atomic E-state index is 13.0. The average molecular weight is 270 g/mol. The van der Waals surface area contributed by atoms with Gasteiger partial charge in [0.2, 0.25) is 0 Å². The molecule has 4 N–H and O–H groups in total. The van der Waals surface area contributed by atoms with E-state index in [0.717, 1.165) is 22.5 Å². The molecule has 102 valence electrons. The van der Waals surface area contributed by atoms with Gasteiger partial charge in [-0.3, -0.25) is 10.7 Å². The number of H-pyrrole nitrogens is 1. The van der Waals surface area contributed by atoms with E-state index in [0.29, 0.717) is 0 Å². The lowest BCUT2D eigenvalue weighted by Crippen LogP contribution is -2.49. The minimum atomic E-state index is -0.818. The second-order valence-electron chi connectivity index (χ2n) is 4.90. The Morgan fingerprint density at radius 1 is 1.20 bits per heavy atom. The van der Waals surface area contributed by atoms with Crippen molar-refractivity contribution in [1.82, 2.24) is 10.3 Å². The van der Waals surface area contributed by atoms with Crippen LogP contribution in [0, 0.1) is 5.82 Å². The summed E-state index contributed by atoms with van der Waals surface area (Å²) in [5.74, 6) is -1.07. The van der Waals surface area contributed by atoms with Crippen molar-refractivity contribution in [2.45, 2.75) is 12.7 Å². The molecule has 0 spiro atoms. The van der Waals surface area contributed by atoms with Gasteiger partial charge in [0.25, 0.3) is 0 Å². The van der Waals surface area contributed by atoms with Crippen LogP contribution in [0.4, 0.5) is 4.39 Å². The number of rotatable bonds is 2. The molecule has 0 aliphatic carbocycles. The fraction of sp³-hybridized carbons (Fsp3) is 0.133. The first kappa shape index (κ1) is 12.6. The number of aliphatic imine (C=N–C) groups is 1. The maximum Gasteiger partial charge on any atom is 0.179 e. The maximum absolute atomic E-state index is 13.0. The lowest BCUT2D eigenvalue weighted by atomic mass is 10.0. The average Bonchev–Trinajstić information content (AvgIpc) is 2.87. The van der Waals surface area contributed by atoms with Gasteiger partial charge in [0.05, 0.1) is 5.69 Å². The molecule has 1 aromatic carbocycles. The van der Waals surface area contributed by atoms with Crippen LogP contribution in [0.25, 0.3) is 17.0 Å². The van der Waals surface area contributed by atoms with Gasteiger partial charge in [-0.1, -0.05) is 0 Å². The Bertz CT molecular complexity index is 680. The summed E-state index contributed by atoms with van der Waals surface area (Å²) in [7, 11) is 0. The van der Waals surface area contributed by atoms with Gasteiger partial charge in [-0.15, -0.1) is 0 Å². The summed E-state index contributed by atoms with van der Waals surface area (Å²) in [6, 6.07) is 8.31. The third-order valence-corrected chi connectivity index (χ3v) is 3.14. The van der Waals surface area contributed by atoms with Crippen molar-refractivity contribution in [2.75, 3.05) is 0 Å². The van der Waals surface area contributed by atoms with E-state index >= 15 is 0 Å². The number of hydrogen-bond acceptors (Lipinski definition) is 3. The highest BCUT2D eigenvalue weighted by atomic mass is 19.1. The molecular formula is C15H15FN4. The fourth-order valence-corrected chi connectivity index (χ4v) is 2.22. The molecule has 1 aliphatic heterocycles. The highest BCUT2D eigenvalue weighted by molar-refractivity contribution is 5.89. The molecule has 20 heavy (non-hydrogen) atoms. The molecule has 1 aromatic heterocycles. The van der Waals surface area contributed by atoms with Crippen molar-refractivity contribution in [1.29, 1.82) is 0 Å². The van der Waals surface area contributed by atoms with E-state index in [2.05, 4.69) is 15.3 Å². The van der Waals surface area contributed by atoms with Crippen molar-refractivity contribution < 1.29 is 4.39 Å². The van der Waals surface area contributed by atoms with Crippen LogP contribution in [-0.2, 0) is 0 Å². The van der Waals surface area contributed by atoms with Gasteiger partial charge in [0.1, 0.15) is 5.82 Å². The number of aromatic nitrogens is 1. The van der Waals surface area contributed by atoms with Crippen molar-refractivity contribution >= 4 is 11.9 Å². The van der Waals surface area contributed by atoms with Crippen LogP contribution in [0.5, 0.6) is 0 Å². The van der Waals surface area contributed by atoms with Gasteiger partial charge in [-0.05, 0) is 48.9 Å². The third kappa shape index (κ3) is 2.35. The second-order valence-corrected chi connectivity index (χ2v) is 4.90. The third-order valence-electron chi connectivity index (χ3n) is 3.14. The van der Waals surface area contributed by atoms with Gasteiger partial charge >= 0.3 is 0 Å². The molecular weight excluding hydrogens is 255 g/mol. The zero-order chi connectivity index (χ0) is 14.2. The van der Waals surface area contributed by atoms with Crippen LogP contribution >= 0.6 is 0 Å². The SMILES string of the molecule is CC1(N)N=CC=C(c2cc[nH]c2-c2ccc(F)cc2)N1. The van der Waals surface area contributed by atoms with Gasteiger partial charge in [-0.2, -0.15) is 0 Å². The van der Waals surface area contributed by atoms with E-state index in [-0.39, 0.29) is 5.82 Å². The van der Waals surface area contributed by atoms with E-state index in [1.165, 1.54) is 12.1 Å². The molecule has 3 rings (SSSR count). The Balaban J connectivity index is 2.01. The molecule has 2 aromatic rings. The number of allylic oxidation sites excluding steroid dienone is 1. The van der Waals surface area contributed by atoms with E-state index in [1.54, 1.807) is 25.3 Å². The highest BCUT2D eigenvalue weighted by Crippen LogP contribution is 2.28. The van der Waals surface area contributed by atoms with Crippen molar-refractivity contribution in [3.8, 4) is 11.3 Å². The monoisotopic (exact) mass is 270 g/mol. The zero-order valence-electron chi connectivity index (χ0n) is 11.0. The summed E-state index contributed by atoms with van der Waals surface area (Å²) >= 11 is 0. The lowest BCUT2D eigenvalue weighted by molar-refractivity contribution is 0.448. The van der Waals surface area contributed by atoms with Crippen LogP contribution in [0.1, 0.15) is 12.5 Å². The number of benzene rings is 1. The fourth-order valence-electron chi connectivity index (χ4n) is 2.22. The summed E-state index contributed by atoms with van der Waals surface area (Å²) in [5, 5.41) is 3.16. The molecule has 0 radical (unpaired) electrons. The largest absolute Gasteiger partial charge is 0.361 e. The van der Waals surface area contributed by atoms with Crippen LogP contribution < -0.4 is 11.1 Å². The van der Waals surface area contributed by atoms with Crippen LogP contribution in [-0.4, -0.2) is 17.0 Å². The minimum absolute atomic E-state index is 0.251. The molecule has 1 aliphatic rings. The molecule has 0 saturated carbocycles. The van der Waals surface area contributed by atoms with Crippen molar-refractivity contribution in [3.63, 3.8) is 0 Å². The molecule has 0 fully saturated rings. The number of halogens is 1. The lowest BCUT2D eigenvalue weighted by Gasteiger charge is -2.27. The first-order valence-electron chi connectivity index (χ1n) is 6.31. The van der Waals surface area contributed by atoms with Gasteiger partial charge in [-0.25, -0.2) is 4.39 Å².